The third-order valence-corrected chi connectivity index (χ3v) is 5.00. The van der Waals surface area contributed by atoms with Crippen LogP contribution in [0, 0.1) is 6.92 Å². The van der Waals surface area contributed by atoms with Crippen molar-refractivity contribution in [3.63, 3.8) is 0 Å². The molecule has 1 aliphatic rings. The Morgan fingerprint density at radius 1 is 0.812 bits per heavy atom. The monoisotopic (exact) mass is 447 g/mol. The number of ether oxygens (including phenoxy) is 2. The van der Waals surface area contributed by atoms with E-state index in [-0.39, 0.29) is 16.9 Å². The van der Waals surface area contributed by atoms with E-state index in [9.17, 15) is 9.59 Å². The van der Waals surface area contributed by atoms with Crippen molar-refractivity contribution < 1.29 is 19.1 Å². The Labute approximate surface area is 190 Å². The fraction of sp³-hybridized carbons (Fsp3) is 0.125. The van der Waals surface area contributed by atoms with E-state index in [1.807, 2.05) is 31.2 Å². The maximum Gasteiger partial charge on any atom is 0.257 e. The van der Waals surface area contributed by atoms with Crippen LogP contribution in [0.5, 0.6) is 11.5 Å². The van der Waals surface area contributed by atoms with Gasteiger partial charge < -0.3 is 20.1 Å². The van der Waals surface area contributed by atoms with Gasteiger partial charge in [0, 0.05) is 22.5 Å². The Morgan fingerprint density at radius 3 is 2.31 bits per heavy atom. The van der Waals surface area contributed by atoms with Crippen LogP contribution in [0.3, 0.4) is 0 Å². The molecule has 1 heterocycles. The number of rotatable bonds is 4. The van der Waals surface area contributed by atoms with E-state index < -0.39 is 0 Å². The standard InChI is InChI=1S/C24H21N3O4S/c1-15-13-18(8-9-19(15)26-22(28)16-5-3-2-4-6-16)25-24(32)27-23(29)17-7-10-20-21(14-17)31-12-11-30-20/h2-10,13-14H,11-12H2,1H3,(H,26,28)(H2,25,27,29,32). The molecule has 0 spiro atoms. The van der Waals surface area contributed by atoms with Gasteiger partial charge in [-0.15, -0.1) is 0 Å². The number of fused-ring (bicyclic) bond motifs is 1. The molecule has 0 saturated heterocycles. The van der Waals surface area contributed by atoms with Gasteiger partial charge in [-0.1, -0.05) is 18.2 Å². The highest BCUT2D eigenvalue weighted by molar-refractivity contribution is 7.80. The van der Waals surface area contributed by atoms with E-state index >= 15 is 0 Å². The van der Waals surface area contributed by atoms with Crippen LogP contribution in [-0.2, 0) is 0 Å². The highest BCUT2D eigenvalue weighted by Crippen LogP contribution is 2.30. The Kier molecular flexibility index (Phi) is 6.32. The quantitative estimate of drug-likeness (QED) is 0.521. The fourth-order valence-electron chi connectivity index (χ4n) is 3.19. The average Bonchev–Trinajstić information content (AvgIpc) is 2.81. The van der Waals surface area contributed by atoms with Crippen LogP contribution in [0.4, 0.5) is 11.4 Å². The van der Waals surface area contributed by atoms with Crippen LogP contribution >= 0.6 is 12.2 Å². The molecule has 0 fully saturated rings. The Hall–Kier alpha value is -3.91. The summed E-state index contributed by atoms with van der Waals surface area (Å²) in [5.74, 6) is 0.606. The molecule has 2 amide bonds. The zero-order valence-electron chi connectivity index (χ0n) is 17.3. The zero-order valence-corrected chi connectivity index (χ0v) is 18.1. The van der Waals surface area contributed by atoms with Gasteiger partial charge >= 0.3 is 0 Å². The van der Waals surface area contributed by atoms with Crippen molar-refractivity contribution in [3.05, 3.63) is 83.4 Å². The van der Waals surface area contributed by atoms with Crippen molar-refractivity contribution in [2.24, 2.45) is 0 Å². The molecular formula is C24H21N3O4S. The number of benzene rings is 3. The lowest BCUT2D eigenvalue weighted by atomic mass is 10.1. The van der Waals surface area contributed by atoms with Gasteiger partial charge in [0.1, 0.15) is 13.2 Å². The Bertz CT molecular complexity index is 1180. The van der Waals surface area contributed by atoms with Crippen LogP contribution in [-0.4, -0.2) is 30.1 Å². The lowest BCUT2D eigenvalue weighted by molar-refractivity contribution is 0.0975. The van der Waals surface area contributed by atoms with E-state index in [0.29, 0.717) is 47.2 Å². The number of aryl methyl sites for hydroxylation is 1. The van der Waals surface area contributed by atoms with Crippen molar-refractivity contribution in [1.82, 2.24) is 5.32 Å². The molecular weight excluding hydrogens is 426 g/mol. The Morgan fingerprint density at radius 2 is 1.56 bits per heavy atom. The third-order valence-electron chi connectivity index (χ3n) is 4.80. The zero-order chi connectivity index (χ0) is 22.5. The van der Waals surface area contributed by atoms with Crippen LogP contribution in [0.1, 0.15) is 26.3 Å². The summed E-state index contributed by atoms with van der Waals surface area (Å²) in [6.07, 6.45) is 0. The van der Waals surface area contributed by atoms with E-state index in [4.69, 9.17) is 21.7 Å². The number of hydrogen-bond donors (Lipinski definition) is 3. The SMILES string of the molecule is Cc1cc(NC(=S)NC(=O)c2ccc3c(c2)OCCO3)ccc1NC(=O)c1ccccc1. The van der Waals surface area contributed by atoms with E-state index in [0.717, 1.165) is 5.56 Å². The highest BCUT2D eigenvalue weighted by Gasteiger charge is 2.16. The van der Waals surface area contributed by atoms with Crippen LogP contribution in [0.2, 0.25) is 0 Å². The van der Waals surface area contributed by atoms with E-state index in [2.05, 4.69) is 16.0 Å². The molecule has 0 unspecified atom stereocenters. The van der Waals surface area contributed by atoms with Gasteiger partial charge in [-0.3, -0.25) is 14.9 Å². The summed E-state index contributed by atoms with van der Waals surface area (Å²) in [4.78, 5) is 24.9. The van der Waals surface area contributed by atoms with Gasteiger partial charge in [0.15, 0.2) is 16.6 Å². The maximum absolute atomic E-state index is 12.5. The van der Waals surface area contributed by atoms with Gasteiger partial charge in [0.25, 0.3) is 11.8 Å². The summed E-state index contributed by atoms with van der Waals surface area (Å²) >= 11 is 5.27. The summed E-state index contributed by atoms with van der Waals surface area (Å²) in [6, 6.07) is 19.4. The molecule has 0 atom stereocenters. The molecule has 162 valence electrons. The largest absolute Gasteiger partial charge is 0.486 e. The fourth-order valence-corrected chi connectivity index (χ4v) is 3.40. The number of carbonyl (C=O) groups is 2. The summed E-state index contributed by atoms with van der Waals surface area (Å²) in [6.45, 7) is 2.81. The number of nitrogens with one attached hydrogen (secondary N) is 3. The minimum absolute atomic E-state index is 0.158. The molecule has 1 aliphatic heterocycles. The second-order valence-corrected chi connectivity index (χ2v) is 7.52. The first-order valence-electron chi connectivity index (χ1n) is 9.98. The van der Waals surface area contributed by atoms with Crippen molar-refractivity contribution in [1.29, 1.82) is 0 Å². The first-order chi connectivity index (χ1) is 15.5. The molecule has 8 heteroatoms. The van der Waals surface area contributed by atoms with Crippen molar-refractivity contribution in [2.75, 3.05) is 23.8 Å². The highest BCUT2D eigenvalue weighted by atomic mass is 32.1. The molecule has 0 aromatic heterocycles. The molecule has 3 aromatic carbocycles. The number of thiocarbonyl (C=S) groups is 1. The molecule has 3 N–H and O–H groups in total. The van der Waals surface area contributed by atoms with E-state index in [1.54, 1.807) is 42.5 Å². The summed E-state index contributed by atoms with van der Waals surface area (Å²) in [5, 5.41) is 8.70. The minimum Gasteiger partial charge on any atom is -0.486 e. The summed E-state index contributed by atoms with van der Waals surface area (Å²) in [7, 11) is 0. The van der Waals surface area contributed by atoms with Crippen molar-refractivity contribution in [2.45, 2.75) is 6.92 Å². The summed E-state index contributed by atoms with van der Waals surface area (Å²) in [5.41, 5.74) is 3.22. The normalized spacial score (nSPS) is 11.9. The number of hydrogen-bond acceptors (Lipinski definition) is 5. The first-order valence-corrected chi connectivity index (χ1v) is 10.4. The van der Waals surface area contributed by atoms with Gasteiger partial charge in [0.2, 0.25) is 0 Å². The number of amides is 2. The summed E-state index contributed by atoms with van der Waals surface area (Å²) < 4.78 is 11.0. The predicted molar refractivity (Wildman–Crippen MR) is 127 cm³/mol. The molecule has 0 bridgehead atoms. The minimum atomic E-state index is -0.358. The Balaban J connectivity index is 1.36. The molecule has 32 heavy (non-hydrogen) atoms. The number of anilines is 2. The third kappa shape index (κ3) is 5.04. The van der Waals surface area contributed by atoms with Crippen molar-refractivity contribution in [3.8, 4) is 11.5 Å². The molecule has 7 nitrogen and oxygen atoms in total. The predicted octanol–water partition coefficient (Wildman–Crippen LogP) is 4.15. The second-order valence-electron chi connectivity index (χ2n) is 7.12. The van der Waals surface area contributed by atoms with Gasteiger partial charge in [-0.05, 0) is 73.2 Å². The lowest BCUT2D eigenvalue weighted by Crippen LogP contribution is -2.34. The number of carbonyl (C=O) groups excluding carboxylic acids is 2. The van der Waals surface area contributed by atoms with Gasteiger partial charge in [-0.2, -0.15) is 0 Å². The van der Waals surface area contributed by atoms with Gasteiger partial charge in [-0.25, -0.2) is 0 Å². The van der Waals surface area contributed by atoms with Crippen LogP contribution < -0.4 is 25.4 Å². The first kappa shape index (κ1) is 21.3. The van der Waals surface area contributed by atoms with Crippen LogP contribution in [0.25, 0.3) is 0 Å². The maximum atomic E-state index is 12.5. The molecule has 0 radical (unpaired) electrons. The van der Waals surface area contributed by atoms with E-state index in [1.165, 1.54) is 0 Å². The molecule has 0 saturated carbocycles. The second kappa shape index (κ2) is 9.49. The van der Waals surface area contributed by atoms with Crippen molar-refractivity contribution >= 4 is 40.5 Å². The van der Waals surface area contributed by atoms with Crippen LogP contribution in [0.15, 0.2) is 66.7 Å². The smallest absolute Gasteiger partial charge is 0.257 e. The molecule has 0 aliphatic carbocycles. The average molecular weight is 448 g/mol. The van der Waals surface area contributed by atoms with Gasteiger partial charge in [0.05, 0.1) is 0 Å². The molecule has 3 aromatic rings. The molecule has 4 rings (SSSR count). The topological polar surface area (TPSA) is 88.7 Å². The lowest BCUT2D eigenvalue weighted by Gasteiger charge is -2.18.